The van der Waals surface area contributed by atoms with Crippen LogP contribution in [-0.2, 0) is 22.4 Å². The number of hydrogen-bond donors (Lipinski definition) is 2. The van der Waals surface area contributed by atoms with Crippen molar-refractivity contribution < 1.29 is 27.2 Å². The van der Waals surface area contributed by atoms with Gasteiger partial charge in [0.25, 0.3) is 0 Å². The second kappa shape index (κ2) is 9.11. The van der Waals surface area contributed by atoms with Gasteiger partial charge in [0, 0.05) is 25.2 Å². The normalized spacial score (nSPS) is 20.7. The Kier molecular flexibility index (Phi) is 6.77. The van der Waals surface area contributed by atoms with E-state index >= 15 is 0 Å². The van der Waals surface area contributed by atoms with Crippen LogP contribution in [-0.4, -0.2) is 42.4 Å². The molecule has 0 saturated carbocycles. The lowest BCUT2D eigenvalue weighted by molar-refractivity contribution is -0.137. The molecule has 0 aromatic heterocycles. The minimum atomic E-state index is -4.61. The number of benzene rings is 1. The molecule has 9 heteroatoms. The monoisotopic (exact) mass is 415 g/mol. The number of anilines is 1. The van der Waals surface area contributed by atoms with Crippen LogP contribution in [0.5, 0.6) is 0 Å². The molecule has 2 amide bonds. The highest BCUT2D eigenvalue weighted by atomic mass is 19.4. The average molecular weight is 415 g/mol. The molecule has 1 aromatic carbocycles. The molecular weight excluding hydrogens is 390 g/mol. The van der Waals surface area contributed by atoms with Gasteiger partial charge in [-0.3, -0.25) is 9.59 Å². The summed E-state index contributed by atoms with van der Waals surface area (Å²) in [5.41, 5.74) is -1.19. The molecule has 2 N–H and O–H groups in total. The van der Waals surface area contributed by atoms with E-state index in [0.29, 0.717) is 25.9 Å². The molecular formula is C20H25F4N3O2. The zero-order chi connectivity index (χ0) is 21.0. The Morgan fingerprint density at radius 1 is 1.14 bits per heavy atom. The van der Waals surface area contributed by atoms with Crippen LogP contribution in [0.15, 0.2) is 18.2 Å². The Morgan fingerprint density at radius 3 is 2.45 bits per heavy atom. The molecule has 0 bridgehead atoms. The first-order valence-corrected chi connectivity index (χ1v) is 9.85. The maximum atomic E-state index is 12.9. The summed E-state index contributed by atoms with van der Waals surface area (Å²) in [6.45, 7) is 0.955. The Labute approximate surface area is 166 Å². The maximum Gasteiger partial charge on any atom is 0.416 e. The quantitative estimate of drug-likeness (QED) is 0.724. The summed E-state index contributed by atoms with van der Waals surface area (Å²) in [5.74, 6) is -0.244. The number of carbonyl (C=O) groups is 2. The zero-order valence-corrected chi connectivity index (χ0v) is 16.0. The number of alkyl halides is 4. The number of nitrogens with one attached hydrogen (secondary N) is 2. The molecule has 2 aliphatic heterocycles. The third kappa shape index (κ3) is 5.68. The van der Waals surface area contributed by atoms with Crippen LogP contribution in [0.1, 0.15) is 43.2 Å². The lowest BCUT2D eigenvalue weighted by Crippen LogP contribution is -2.47. The molecule has 2 saturated heterocycles. The van der Waals surface area contributed by atoms with E-state index in [2.05, 4.69) is 10.6 Å². The van der Waals surface area contributed by atoms with Gasteiger partial charge in [0.05, 0.1) is 11.6 Å². The Balaban J connectivity index is 1.52. The lowest BCUT2D eigenvalue weighted by atomic mass is 9.92. The summed E-state index contributed by atoms with van der Waals surface area (Å²) in [4.78, 5) is 26.5. The van der Waals surface area contributed by atoms with Gasteiger partial charge in [0.15, 0.2) is 0 Å². The first-order valence-electron chi connectivity index (χ1n) is 9.85. The lowest BCUT2D eigenvalue weighted by Gasteiger charge is -2.33. The number of hydrogen-bond acceptors (Lipinski definition) is 3. The molecule has 5 nitrogen and oxygen atoms in total. The van der Waals surface area contributed by atoms with Crippen molar-refractivity contribution in [2.75, 3.05) is 25.0 Å². The number of nitrogens with zero attached hydrogens (tertiary/aromatic N) is 1. The predicted molar refractivity (Wildman–Crippen MR) is 99.8 cm³/mol. The molecule has 2 heterocycles. The minimum Gasteiger partial charge on any atom is -0.341 e. The third-order valence-electron chi connectivity index (χ3n) is 5.52. The van der Waals surface area contributed by atoms with Gasteiger partial charge in [0.2, 0.25) is 11.8 Å². The maximum absolute atomic E-state index is 12.9. The van der Waals surface area contributed by atoms with Crippen molar-refractivity contribution in [3.05, 3.63) is 29.3 Å². The molecule has 0 spiro atoms. The van der Waals surface area contributed by atoms with Crippen molar-refractivity contribution in [1.82, 2.24) is 10.2 Å². The van der Waals surface area contributed by atoms with E-state index in [9.17, 15) is 27.2 Å². The fourth-order valence-electron chi connectivity index (χ4n) is 3.95. The number of likely N-dealkylation sites (tertiary alicyclic amines) is 1. The van der Waals surface area contributed by atoms with Crippen molar-refractivity contribution in [2.24, 2.45) is 5.92 Å². The number of carbonyl (C=O) groups excluding carboxylic acids is 2. The molecule has 1 atom stereocenters. The first-order chi connectivity index (χ1) is 13.8. The summed E-state index contributed by atoms with van der Waals surface area (Å²) in [6, 6.07) is 2.65. The molecule has 0 aliphatic carbocycles. The number of amides is 2. The summed E-state index contributed by atoms with van der Waals surface area (Å²) >= 11 is 0. The Hall–Kier alpha value is -2.16. The van der Waals surface area contributed by atoms with E-state index < -0.39 is 24.3 Å². The zero-order valence-electron chi connectivity index (χ0n) is 16.0. The molecule has 0 unspecified atom stereocenters. The van der Waals surface area contributed by atoms with E-state index in [1.54, 1.807) is 0 Å². The smallest absolute Gasteiger partial charge is 0.341 e. The van der Waals surface area contributed by atoms with Crippen LogP contribution in [0.2, 0.25) is 0 Å². The minimum absolute atomic E-state index is 0.0574. The van der Waals surface area contributed by atoms with Gasteiger partial charge < -0.3 is 15.5 Å². The standard InChI is InChI=1S/C20H25F4N3O2/c21-12-14-8-15(20(22,23)24)11-16(9-14)26-18(28)10-13-3-6-27(7-4-13)19(29)17-2-1-5-25-17/h8-9,11,13,17,25H,1-7,10,12H2,(H,26,28)/t17-/m0/s1. The van der Waals surface area contributed by atoms with Crippen LogP contribution in [0.4, 0.5) is 23.2 Å². The fourth-order valence-corrected chi connectivity index (χ4v) is 3.95. The topological polar surface area (TPSA) is 61.4 Å². The molecule has 160 valence electrons. The molecule has 0 radical (unpaired) electrons. The van der Waals surface area contributed by atoms with Crippen molar-refractivity contribution >= 4 is 17.5 Å². The van der Waals surface area contributed by atoms with Gasteiger partial charge in [-0.15, -0.1) is 0 Å². The van der Waals surface area contributed by atoms with Crippen molar-refractivity contribution in [3.63, 3.8) is 0 Å². The van der Waals surface area contributed by atoms with Crippen LogP contribution < -0.4 is 10.6 Å². The molecule has 29 heavy (non-hydrogen) atoms. The number of halogens is 4. The van der Waals surface area contributed by atoms with E-state index in [1.807, 2.05) is 4.90 Å². The second-order valence-electron chi connectivity index (χ2n) is 7.72. The van der Waals surface area contributed by atoms with E-state index in [-0.39, 0.29) is 35.5 Å². The van der Waals surface area contributed by atoms with Gasteiger partial charge in [-0.25, -0.2) is 4.39 Å². The van der Waals surface area contributed by atoms with Gasteiger partial charge in [-0.05, 0) is 61.9 Å². The third-order valence-corrected chi connectivity index (χ3v) is 5.52. The van der Waals surface area contributed by atoms with E-state index in [1.165, 1.54) is 6.07 Å². The van der Waals surface area contributed by atoms with E-state index in [0.717, 1.165) is 31.5 Å². The predicted octanol–water partition coefficient (Wildman–Crippen LogP) is 3.49. The van der Waals surface area contributed by atoms with Gasteiger partial charge in [-0.1, -0.05) is 0 Å². The summed E-state index contributed by atoms with van der Waals surface area (Å²) in [5, 5.41) is 5.65. The second-order valence-corrected chi connectivity index (χ2v) is 7.72. The van der Waals surface area contributed by atoms with Crippen molar-refractivity contribution in [3.8, 4) is 0 Å². The largest absolute Gasteiger partial charge is 0.416 e. The number of piperidine rings is 1. The SMILES string of the molecule is O=C(CC1CCN(C(=O)[C@@H]2CCCN2)CC1)Nc1cc(CF)cc(C(F)(F)F)c1. The van der Waals surface area contributed by atoms with Gasteiger partial charge >= 0.3 is 6.18 Å². The van der Waals surface area contributed by atoms with Crippen LogP contribution >= 0.6 is 0 Å². The highest BCUT2D eigenvalue weighted by Gasteiger charge is 2.32. The van der Waals surface area contributed by atoms with Gasteiger partial charge in [0.1, 0.15) is 6.67 Å². The van der Waals surface area contributed by atoms with Crippen LogP contribution in [0.25, 0.3) is 0 Å². The summed E-state index contributed by atoms with van der Waals surface area (Å²) in [6.07, 6.45) is -1.27. The number of rotatable bonds is 5. The van der Waals surface area contributed by atoms with E-state index in [4.69, 9.17) is 0 Å². The van der Waals surface area contributed by atoms with Crippen LogP contribution in [0, 0.1) is 5.92 Å². The molecule has 2 fully saturated rings. The Bertz CT molecular complexity index is 740. The molecule has 1 aromatic rings. The first kappa shape index (κ1) is 21.5. The molecule has 3 rings (SSSR count). The summed E-state index contributed by atoms with van der Waals surface area (Å²) in [7, 11) is 0. The molecule has 2 aliphatic rings. The van der Waals surface area contributed by atoms with Crippen LogP contribution in [0.3, 0.4) is 0 Å². The Morgan fingerprint density at radius 2 is 1.86 bits per heavy atom. The highest BCUT2D eigenvalue weighted by molar-refractivity contribution is 5.91. The van der Waals surface area contributed by atoms with Crippen molar-refractivity contribution in [1.29, 1.82) is 0 Å². The average Bonchev–Trinajstić information content (AvgIpc) is 3.21. The fraction of sp³-hybridized carbons (Fsp3) is 0.600. The van der Waals surface area contributed by atoms with Crippen molar-refractivity contribution in [2.45, 2.75) is 51.0 Å². The highest BCUT2D eigenvalue weighted by Crippen LogP contribution is 2.32. The summed E-state index contributed by atoms with van der Waals surface area (Å²) < 4.78 is 51.7. The van der Waals surface area contributed by atoms with Gasteiger partial charge in [-0.2, -0.15) is 13.2 Å².